The van der Waals surface area contributed by atoms with Gasteiger partial charge in [0.15, 0.2) is 11.6 Å². The Labute approximate surface area is 72.3 Å². The Bertz CT molecular complexity index is 373. The van der Waals surface area contributed by atoms with Crippen LogP contribution in [0.3, 0.4) is 0 Å². The van der Waals surface area contributed by atoms with Gasteiger partial charge < -0.3 is 5.11 Å². The van der Waals surface area contributed by atoms with Crippen LogP contribution in [0, 0.1) is 11.6 Å². The van der Waals surface area contributed by atoms with Gasteiger partial charge in [-0.3, -0.25) is 0 Å². The number of rotatable bonds is 2. The third-order valence-corrected chi connectivity index (χ3v) is 1.42. The summed E-state index contributed by atoms with van der Waals surface area (Å²) in [7, 11) is 0. The van der Waals surface area contributed by atoms with Gasteiger partial charge in [0, 0.05) is 11.6 Å². The van der Waals surface area contributed by atoms with Crippen LogP contribution in [0.2, 0.25) is 0 Å². The van der Waals surface area contributed by atoms with Crippen molar-refractivity contribution in [2.45, 2.75) is 6.54 Å². The molecule has 1 aromatic rings. The second-order valence-electron chi connectivity index (χ2n) is 2.30. The molecule has 5 heteroatoms. The van der Waals surface area contributed by atoms with Crippen molar-refractivity contribution in [2.75, 3.05) is 0 Å². The molecule has 1 N–H and O–H groups in total. The number of aromatic hydroxyl groups is 1. The predicted octanol–water partition coefficient (Wildman–Crippen LogP) is 1.51. The van der Waals surface area contributed by atoms with E-state index in [1.54, 1.807) is 0 Å². The summed E-state index contributed by atoms with van der Waals surface area (Å²) < 4.78 is 25.2. The van der Waals surface area contributed by atoms with Crippen LogP contribution >= 0.6 is 0 Å². The number of phenolic OH excluding ortho intramolecular Hbond substituents is 1. The SMILES string of the molecule is O=C=NCc1cc(F)cc(F)c1O. The molecule has 13 heavy (non-hydrogen) atoms. The van der Waals surface area contributed by atoms with Crippen LogP contribution in [0.5, 0.6) is 5.75 Å². The van der Waals surface area contributed by atoms with E-state index < -0.39 is 17.4 Å². The van der Waals surface area contributed by atoms with Gasteiger partial charge in [0.1, 0.15) is 5.82 Å². The number of benzene rings is 1. The first-order valence-electron chi connectivity index (χ1n) is 3.35. The van der Waals surface area contributed by atoms with Crippen LogP contribution in [-0.4, -0.2) is 11.2 Å². The molecule has 0 aliphatic carbocycles. The lowest BCUT2D eigenvalue weighted by Crippen LogP contribution is -1.89. The zero-order valence-electron chi connectivity index (χ0n) is 6.42. The Morgan fingerprint density at radius 2 is 2.15 bits per heavy atom. The second kappa shape index (κ2) is 3.78. The Kier molecular flexibility index (Phi) is 2.72. The smallest absolute Gasteiger partial charge is 0.235 e. The van der Waals surface area contributed by atoms with Crippen molar-refractivity contribution in [3.05, 3.63) is 29.3 Å². The standard InChI is InChI=1S/C8H5F2NO2/c9-6-1-5(3-11-4-12)8(13)7(10)2-6/h1-2,13H,3H2. The minimum atomic E-state index is -1.07. The van der Waals surface area contributed by atoms with Crippen molar-refractivity contribution >= 4 is 6.08 Å². The number of phenols is 1. The van der Waals surface area contributed by atoms with Crippen LogP contribution in [0.25, 0.3) is 0 Å². The van der Waals surface area contributed by atoms with Crippen molar-refractivity contribution in [1.29, 1.82) is 0 Å². The summed E-state index contributed by atoms with van der Waals surface area (Å²) in [6.45, 7) is -0.288. The van der Waals surface area contributed by atoms with E-state index in [2.05, 4.69) is 4.99 Å². The summed E-state index contributed by atoms with van der Waals surface area (Å²) in [6.07, 6.45) is 1.20. The molecule has 0 bridgehead atoms. The molecule has 0 amide bonds. The monoisotopic (exact) mass is 185 g/mol. The molecule has 0 saturated heterocycles. The largest absolute Gasteiger partial charge is 0.505 e. The van der Waals surface area contributed by atoms with Gasteiger partial charge in [0.25, 0.3) is 0 Å². The van der Waals surface area contributed by atoms with Gasteiger partial charge in [-0.25, -0.2) is 18.6 Å². The molecule has 0 saturated carbocycles. The fraction of sp³-hybridized carbons (Fsp3) is 0.125. The van der Waals surface area contributed by atoms with Crippen LogP contribution in [0.1, 0.15) is 5.56 Å². The third-order valence-electron chi connectivity index (χ3n) is 1.42. The number of hydrogen-bond donors (Lipinski definition) is 1. The van der Waals surface area contributed by atoms with Crippen LogP contribution in [0.4, 0.5) is 8.78 Å². The fourth-order valence-corrected chi connectivity index (χ4v) is 0.857. The molecule has 0 aliphatic heterocycles. The van der Waals surface area contributed by atoms with E-state index in [0.29, 0.717) is 6.07 Å². The van der Waals surface area contributed by atoms with Crippen molar-refractivity contribution in [3.63, 3.8) is 0 Å². The number of halogens is 2. The van der Waals surface area contributed by atoms with Crippen molar-refractivity contribution in [3.8, 4) is 5.75 Å². The molecular weight excluding hydrogens is 180 g/mol. The van der Waals surface area contributed by atoms with Gasteiger partial charge in [0.2, 0.25) is 6.08 Å². The molecule has 0 aliphatic rings. The molecule has 1 rings (SSSR count). The Morgan fingerprint density at radius 1 is 1.46 bits per heavy atom. The van der Waals surface area contributed by atoms with Crippen molar-refractivity contribution in [1.82, 2.24) is 0 Å². The lowest BCUT2D eigenvalue weighted by Gasteiger charge is -2.01. The van der Waals surface area contributed by atoms with E-state index in [0.717, 1.165) is 6.07 Å². The zero-order chi connectivity index (χ0) is 9.84. The molecule has 1 aromatic carbocycles. The molecular formula is C8H5F2NO2. The van der Waals surface area contributed by atoms with Crippen molar-refractivity contribution in [2.24, 2.45) is 4.99 Å². The maximum Gasteiger partial charge on any atom is 0.235 e. The quantitative estimate of drug-likeness (QED) is 0.560. The lowest BCUT2D eigenvalue weighted by atomic mass is 10.2. The summed E-state index contributed by atoms with van der Waals surface area (Å²) in [4.78, 5) is 12.8. The normalized spacial score (nSPS) is 9.38. The summed E-state index contributed by atoms with van der Waals surface area (Å²) in [5.41, 5.74) is -0.0825. The summed E-state index contributed by atoms with van der Waals surface area (Å²) in [6, 6.07) is 1.45. The predicted molar refractivity (Wildman–Crippen MR) is 39.8 cm³/mol. The molecule has 0 heterocycles. The van der Waals surface area contributed by atoms with Gasteiger partial charge in [-0.1, -0.05) is 0 Å². The Hall–Kier alpha value is -1.74. The minimum Gasteiger partial charge on any atom is -0.505 e. The van der Waals surface area contributed by atoms with Crippen molar-refractivity contribution < 1.29 is 18.7 Å². The first-order chi connectivity index (χ1) is 6.15. The number of isocyanates is 1. The van der Waals surface area contributed by atoms with Gasteiger partial charge in [-0.15, -0.1) is 0 Å². The highest BCUT2D eigenvalue weighted by Gasteiger charge is 2.08. The maximum absolute atomic E-state index is 12.6. The van der Waals surface area contributed by atoms with E-state index in [1.165, 1.54) is 6.08 Å². The summed E-state index contributed by atoms with van der Waals surface area (Å²) >= 11 is 0. The maximum atomic E-state index is 12.6. The zero-order valence-corrected chi connectivity index (χ0v) is 6.42. The van der Waals surface area contributed by atoms with E-state index >= 15 is 0 Å². The topological polar surface area (TPSA) is 49.7 Å². The number of hydrogen-bond acceptors (Lipinski definition) is 3. The minimum absolute atomic E-state index is 0.0825. The number of aliphatic imine (C=N–C) groups is 1. The first kappa shape index (κ1) is 9.35. The Balaban J connectivity index is 3.12. The van der Waals surface area contributed by atoms with Gasteiger partial charge in [-0.2, -0.15) is 0 Å². The molecule has 0 aromatic heterocycles. The van der Waals surface area contributed by atoms with Gasteiger partial charge in [-0.05, 0) is 6.07 Å². The average molecular weight is 185 g/mol. The molecule has 3 nitrogen and oxygen atoms in total. The first-order valence-corrected chi connectivity index (χ1v) is 3.35. The molecule has 0 spiro atoms. The average Bonchev–Trinajstić information content (AvgIpc) is 2.09. The number of carbonyl (C=O) groups excluding carboxylic acids is 1. The molecule has 0 atom stereocenters. The summed E-state index contributed by atoms with van der Waals surface area (Å²) in [5.74, 6) is -2.59. The lowest BCUT2D eigenvalue weighted by molar-refractivity contribution is 0.421. The van der Waals surface area contributed by atoms with Crippen LogP contribution < -0.4 is 0 Å². The van der Waals surface area contributed by atoms with E-state index in [-0.39, 0.29) is 12.1 Å². The fourth-order valence-electron chi connectivity index (χ4n) is 0.857. The highest BCUT2D eigenvalue weighted by Crippen LogP contribution is 2.22. The highest BCUT2D eigenvalue weighted by atomic mass is 19.1. The summed E-state index contributed by atoms with van der Waals surface area (Å²) in [5, 5.41) is 9.02. The molecule has 0 radical (unpaired) electrons. The van der Waals surface area contributed by atoms with Gasteiger partial charge >= 0.3 is 0 Å². The van der Waals surface area contributed by atoms with E-state index in [4.69, 9.17) is 5.11 Å². The van der Waals surface area contributed by atoms with Gasteiger partial charge in [0.05, 0.1) is 6.54 Å². The third kappa shape index (κ3) is 2.10. The molecule has 0 fully saturated rings. The van der Waals surface area contributed by atoms with E-state index in [9.17, 15) is 13.6 Å². The van der Waals surface area contributed by atoms with Crippen LogP contribution in [0.15, 0.2) is 17.1 Å². The second-order valence-corrected chi connectivity index (χ2v) is 2.30. The Morgan fingerprint density at radius 3 is 2.77 bits per heavy atom. The highest BCUT2D eigenvalue weighted by molar-refractivity contribution is 5.37. The van der Waals surface area contributed by atoms with E-state index in [1.807, 2.05) is 0 Å². The molecule has 0 unspecified atom stereocenters. The van der Waals surface area contributed by atoms with Crippen LogP contribution in [-0.2, 0) is 11.3 Å². The number of nitrogens with zero attached hydrogens (tertiary/aromatic N) is 1. The molecule has 68 valence electrons.